The van der Waals surface area contributed by atoms with E-state index in [4.69, 9.17) is 0 Å². The molecule has 1 aromatic carbocycles. The molecule has 0 saturated carbocycles. The van der Waals surface area contributed by atoms with Gasteiger partial charge >= 0.3 is 0 Å². The monoisotopic (exact) mass is 272 g/mol. The molecule has 2 heterocycles. The summed E-state index contributed by atoms with van der Waals surface area (Å²) in [7, 11) is 0. The topological polar surface area (TPSA) is 32.3 Å². The number of hydrogen-bond donors (Lipinski definition) is 1. The number of benzene rings is 1. The van der Waals surface area contributed by atoms with Gasteiger partial charge in [-0.15, -0.1) is 0 Å². The minimum absolute atomic E-state index is 0.305. The van der Waals surface area contributed by atoms with E-state index in [0.29, 0.717) is 30.3 Å². The van der Waals surface area contributed by atoms with Crippen molar-refractivity contribution in [3.05, 3.63) is 35.9 Å². The zero-order valence-corrected chi connectivity index (χ0v) is 12.2. The third-order valence-electron chi connectivity index (χ3n) is 4.79. The van der Waals surface area contributed by atoms with Crippen LogP contribution in [0.5, 0.6) is 0 Å². The fraction of sp³-hybridized carbons (Fsp3) is 0.588. The molecule has 3 rings (SSSR count). The summed E-state index contributed by atoms with van der Waals surface area (Å²) in [5, 5.41) is 3.45. The molecule has 108 valence electrons. The van der Waals surface area contributed by atoms with Crippen LogP contribution in [0.25, 0.3) is 0 Å². The van der Waals surface area contributed by atoms with Crippen LogP contribution in [0.2, 0.25) is 0 Å². The number of nitrogens with one attached hydrogen (secondary N) is 1. The summed E-state index contributed by atoms with van der Waals surface area (Å²) >= 11 is 0. The fourth-order valence-electron chi connectivity index (χ4n) is 3.66. The van der Waals surface area contributed by atoms with Crippen molar-refractivity contribution in [2.24, 2.45) is 0 Å². The average Bonchev–Trinajstić information content (AvgIpc) is 2.73. The van der Waals surface area contributed by atoms with Gasteiger partial charge in [-0.25, -0.2) is 0 Å². The number of rotatable bonds is 3. The Bertz CT molecular complexity index is 445. The molecule has 2 fully saturated rings. The summed E-state index contributed by atoms with van der Waals surface area (Å²) in [5.41, 5.74) is 1.26. The smallest absolute Gasteiger partial charge is 0.223 e. The molecule has 2 bridgehead atoms. The van der Waals surface area contributed by atoms with Gasteiger partial charge in [0, 0.05) is 25.0 Å². The molecule has 2 saturated heterocycles. The number of carbonyl (C=O) groups excluding carboxylic acids is 1. The Morgan fingerprint density at radius 2 is 2.00 bits per heavy atom. The first-order chi connectivity index (χ1) is 9.75. The van der Waals surface area contributed by atoms with Gasteiger partial charge in [-0.2, -0.15) is 0 Å². The Morgan fingerprint density at radius 1 is 1.25 bits per heavy atom. The molecule has 2 aliphatic heterocycles. The van der Waals surface area contributed by atoms with Gasteiger partial charge in [0.05, 0.1) is 0 Å². The minimum Gasteiger partial charge on any atom is -0.335 e. The van der Waals surface area contributed by atoms with Crippen molar-refractivity contribution in [3.8, 4) is 0 Å². The lowest BCUT2D eigenvalue weighted by atomic mass is 9.97. The molecule has 3 heteroatoms. The van der Waals surface area contributed by atoms with Gasteiger partial charge in [0.2, 0.25) is 5.91 Å². The van der Waals surface area contributed by atoms with E-state index in [0.717, 1.165) is 19.5 Å². The third-order valence-corrected chi connectivity index (χ3v) is 4.79. The van der Waals surface area contributed by atoms with Crippen molar-refractivity contribution in [1.29, 1.82) is 0 Å². The van der Waals surface area contributed by atoms with Crippen LogP contribution in [0, 0.1) is 0 Å². The largest absolute Gasteiger partial charge is 0.335 e. The maximum absolute atomic E-state index is 12.7. The molecule has 3 atom stereocenters. The Labute approximate surface area is 121 Å². The number of nitrogens with zero attached hydrogens (tertiary/aromatic N) is 1. The third kappa shape index (κ3) is 2.73. The number of amides is 1. The van der Waals surface area contributed by atoms with Crippen LogP contribution in [0.4, 0.5) is 0 Å². The standard InChI is InChI=1S/C17H24N2O/c1-13(14-5-3-2-4-6-14)11-17(20)19-15-7-8-16(19)12-18-10-9-15/h2-6,13,15-16,18H,7-12H2,1H3. The van der Waals surface area contributed by atoms with Crippen LogP contribution in [0.3, 0.4) is 0 Å². The number of carbonyl (C=O) groups is 1. The SMILES string of the molecule is CC(CC(=O)N1C2CCNCC1CC2)c1ccccc1. The van der Waals surface area contributed by atoms with Crippen LogP contribution >= 0.6 is 0 Å². The van der Waals surface area contributed by atoms with E-state index < -0.39 is 0 Å². The summed E-state index contributed by atoms with van der Waals surface area (Å²) in [5.74, 6) is 0.650. The maximum Gasteiger partial charge on any atom is 0.223 e. The highest BCUT2D eigenvalue weighted by atomic mass is 16.2. The quantitative estimate of drug-likeness (QED) is 0.917. The molecule has 3 unspecified atom stereocenters. The van der Waals surface area contributed by atoms with Crippen molar-refractivity contribution in [2.75, 3.05) is 13.1 Å². The van der Waals surface area contributed by atoms with Gasteiger partial charge in [0.15, 0.2) is 0 Å². The molecule has 20 heavy (non-hydrogen) atoms. The fourth-order valence-corrected chi connectivity index (χ4v) is 3.66. The van der Waals surface area contributed by atoms with E-state index in [1.54, 1.807) is 0 Å². The van der Waals surface area contributed by atoms with Crippen LogP contribution in [0.1, 0.15) is 44.1 Å². The summed E-state index contributed by atoms with van der Waals surface area (Å²) in [6.45, 7) is 4.19. The molecule has 1 N–H and O–H groups in total. The Kier molecular flexibility index (Phi) is 4.06. The first kappa shape index (κ1) is 13.6. The zero-order chi connectivity index (χ0) is 13.9. The predicted octanol–water partition coefficient (Wildman–Crippen LogP) is 2.53. The summed E-state index contributed by atoms with van der Waals surface area (Å²) in [6.07, 6.45) is 4.11. The summed E-state index contributed by atoms with van der Waals surface area (Å²) < 4.78 is 0. The second-order valence-corrected chi connectivity index (χ2v) is 6.19. The molecule has 3 nitrogen and oxygen atoms in total. The van der Waals surface area contributed by atoms with E-state index in [-0.39, 0.29) is 0 Å². The Balaban J connectivity index is 1.67. The average molecular weight is 272 g/mol. The van der Waals surface area contributed by atoms with Gasteiger partial charge in [0.25, 0.3) is 0 Å². The summed E-state index contributed by atoms with van der Waals surface area (Å²) in [4.78, 5) is 14.9. The van der Waals surface area contributed by atoms with Crippen molar-refractivity contribution in [2.45, 2.75) is 50.6 Å². The lowest BCUT2D eigenvalue weighted by Gasteiger charge is -2.29. The number of fused-ring (bicyclic) bond motifs is 2. The van der Waals surface area contributed by atoms with Crippen LogP contribution in [-0.2, 0) is 4.79 Å². The molecule has 0 aliphatic carbocycles. The van der Waals surface area contributed by atoms with Crippen LogP contribution < -0.4 is 5.32 Å². The van der Waals surface area contributed by atoms with Gasteiger partial charge in [-0.1, -0.05) is 37.3 Å². The highest BCUT2D eigenvalue weighted by molar-refractivity contribution is 5.78. The van der Waals surface area contributed by atoms with E-state index >= 15 is 0 Å². The van der Waals surface area contributed by atoms with E-state index in [2.05, 4.69) is 41.4 Å². The summed E-state index contributed by atoms with van der Waals surface area (Å²) in [6, 6.07) is 11.3. The molecular formula is C17H24N2O. The van der Waals surface area contributed by atoms with Crippen LogP contribution in [0.15, 0.2) is 30.3 Å². The van der Waals surface area contributed by atoms with Gasteiger partial charge in [-0.05, 0) is 37.3 Å². The minimum atomic E-state index is 0.305. The highest BCUT2D eigenvalue weighted by Gasteiger charge is 2.37. The first-order valence-corrected chi connectivity index (χ1v) is 7.82. The molecule has 1 amide bonds. The molecular weight excluding hydrogens is 248 g/mol. The highest BCUT2D eigenvalue weighted by Crippen LogP contribution is 2.30. The second-order valence-electron chi connectivity index (χ2n) is 6.19. The van der Waals surface area contributed by atoms with Gasteiger partial charge in [-0.3, -0.25) is 4.79 Å². The van der Waals surface area contributed by atoms with Crippen LogP contribution in [-0.4, -0.2) is 36.0 Å². The Morgan fingerprint density at radius 3 is 2.80 bits per heavy atom. The van der Waals surface area contributed by atoms with E-state index in [1.165, 1.54) is 18.4 Å². The normalized spacial score (nSPS) is 27.1. The lowest BCUT2D eigenvalue weighted by Crippen LogP contribution is -2.42. The molecule has 0 radical (unpaired) electrons. The van der Waals surface area contributed by atoms with E-state index in [9.17, 15) is 4.79 Å². The molecule has 1 aromatic rings. The molecule has 2 aliphatic rings. The molecule has 0 aromatic heterocycles. The first-order valence-electron chi connectivity index (χ1n) is 7.82. The van der Waals surface area contributed by atoms with Crippen molar-refractivity contribution in [3.63, 3.8) is 0 Å². The lowest BCUT2D eigenvalue weighted by molar-refractivity contribution is -0.134. The van der Waals surface area contributed by atoms with Gasteiger partial charge < -0.3 is 10.2 Å². The number of hydrogen-bond acceptors (Lipinski definition) is 2. The predicted molar refractivity (Wildman–Crippen MR) is 80.6 cm³/mol. The Hall–Kier alpha value is -1.35. The van der Waals surface area contributed by atoms with Crippen molar-refractivity contribution >= 4 is 5.91 Å². The maximum atomic E-state index is 12.7. The van der Waals surface area contributed by atoms with Crippen molar-refractivity contribution < 1.29 is 4.79 Å². The van der Waals surface area contributed by atoms with Crippen molar-refractivity contribution in [1.82, 2.24) is 10.2 Å². The van der Waals surface area contributed by atoms with Gasteiger partial charge in [0.1, 0.15) is 0 Å². The zero-order valence-electron chi connectivity index (χ0n) is 12.2. The van der Waals surface area contributed by atoms with E-state index in [1.807, 2.05) is 6.07 Å². The second kappa shape index (κ2) is 5.96. The molecule has 0 spiro atoms.